The third-order valence-electron chi connectivity index (χ3n) is 3.49. The van der Waals surface area contributed by atoms with Gasteiger partial charge in [0, 0.05) is 17.5 Å². The van der Waals surface area contributed by atoms with Crippen LogP contribution in [0, 0.1) is 5.82 Å². The molecule has 5 nitrogen and oxygen atoms in total. The molecule has 0 N–H and O–H groups in total. The first-order valence-corrected chi connectivity index (χ1v) is 8.23. The number of thiophene rings is 1. The Balaban J connectivity index is 1.57. The van der Waals surface area contributed by atoms with Crippen LogP contribution in [0.25, 0.3) is 6.08 Å². The first-order chi connectivity index (χ1) is 11.2. The van der Waals surface area contributed by atoms with Crippen LogP contribution in [0.4, 0.5) is 4.39 Å². The average molecular weight is 333 g/mol. The summed E-state index contributed by atoms with van der Waals surface area (Å²) in [7, 11) is 0. The van der Waals surface area contributed by atoms with Gasteiger partial charge in [0.1, 0.15) is 6.10 Å². The Hall–Kier alpha value is -2.28. The second-order valence-corrected chi connectivity index (χ2v) is 6.18. The Labute approximate surface area is 137 Å². The van der Waals surface area contributed by atoms with Gasteiger partial charge in [0.15, 0.2) is 5.82 Å². The summed E-state index contributed by atoms with van der Waals surface area (Å²) in [6.07, 6.45) is 7.04. The first-order valence-electron chi connectivity index (χ1n) is 7.35. The van der Waals surface area contributed by atoms with E-state index in [1.54, 1.807) is 22.3 Å². The molecule has 0 aliphatic carbocycles. The fourth-order valence-electron chi connectivity index (χ4n) is 2.39. The Kier molecular flexibility index (Phi) is 4.97. The highest BCUT2D eigenvalue weighted by atomic mass is 32.1. The maximum atomic E-state index is 12.8. The number of hydrogen-bond donors (Lipinski definition) is 0. The molecular weight excluding hydrogens is 317 g/mol. The SMILES string of the molecule is O=C(/C=C/c1cccs1)N1CCC[C@@H](Oc2ncc(F)cn2)C1. The molecule has 1 saturated heterocycles. The number of nitrogens with zero attached hydrogens (tertiary/aromatic N) is 3. The maximum absolute atomic E-state index is 12.8. The smallest absolute Gasteiger partial charge is 0.316 e. The van der Waals surface area contributed by atoms with Crippen molar-refractivity contribution in [3.8, 4) is 6.01 Å². The molecule has 0 saturated carbocycles. The predicted octanol–water partition coefficient (Wildman–Crippen LogP) is 2.76. The van der Waals surface area contributed by atoms with Crippen LogP contribution < -0.4 is 4.74 Å². The Morgan fingerprint density at radius 1 is 1.43 bits per heavy atom. The lowest BCUT2D eigenvalue weighted by Crippen LogP contribution is -2.43. The van der Waals surface area contributed by atoms with E-state index in [-0.39, 0.29) is 18.0 Å². The van der Waals surface area contributed by atoms with Gasteiger partial charge in [0.2, 0.25) is 5.91 Å². The van der Waals surface area contributed by atoms with E-state index in [0.29, 0.717) is 13.1 Å². The van der Waals surface area contributed by atoms with Crippen molar-refractivity contribution in [1.82, 2.24) is 14.9 Å². The summed E-state index contributed by atoms with van der Waals surface area (Å²) in [4.78, 5) is 22.6. The lowest BCUT2D eigenvalue weighted by molar-refractivity contribution is -0.128. The van der Waals surface area contributed by atoms with E-state index in [0.717, 1.165) is 30.1 Å². The summed E-state index contributed by atoms with van der Waals surface area (Å²) in [5.74, 6) is -0.539. The van der Waals surface area contributed by atoms with Gasteiger partial charge in [0.05, 0.1) is 18.9 Å². The Bertz CT molecular complexity index is 673. The van der Waals surface area contributed by atoms with Crippen LogP contribution in [-0.2, 0) is 4.79 Å². The molecule has 0 aromatic carbocycles. The van der Waals surface area contributed by atoms with Gasteiger partial charge in [-0.3, -0.25) is 4.79 Å². The van der Waals surface area contributed by atoms with E-state index in [1.165, 1.54) is 0 Å². The lowest BCUT2D eigenvalue weighted by Gasteiger charge is -2.31. The number of likely N-dealkylation sites (tertiary alicyclic amines) is 1. The lowest BCUT2D eigenvalue weighted by atomic mass is 10.1. The van der Waals surface area contributed by atoms with E-state index in [4.69, 9.17) is 4.74 Å². The van der Waals surface area contributed by atoms with Gasteiger partial charge >= 0.3 is 6.01 Å². The molecule has 0 radical (unpaired) electrons. The van der Waals surface area contributed by atoms with Crippen molar-refractivity contribution in [2.45, 2.75) is 18.9 Å². The largest absolute Gasteiger partial charge is 0.458 e. The third kappa shape index (κ3) is 4.35. The highest BCUT2D eigenvalue weighted by Gasteiger charge is 2.24. The minimum absolute atomic E-state index is 0.0354. The molecule has 1 aliphatic heterocycles. The van der Waals surface area contributed by atoms with E-state index in [9.17, 15) is 9.18 Å². The molecule has 1 fully saturated rings. The zero-order valence-corrected chi connectivity index (χ0v) is 13.2. The van der Waals surface area contributed by atoms with Crippen LogP contribution in [0.3, 0.4) is 0 Å². The van der Waals surface area contributed by atoms with Crippen LogP contribution in [0.15, 0.2) is 36.0 Å². The van der Waals surface area contributed by atoms with Crippen molar-refractivity contribution >= 4 is 23.3 Å². The molecular formula is C16H16FN3O2S. The summed E-state index contributed by atoms with van der Waals surface area (Å²) >= 11 is 1.59. The summed E-state index contributed by atoms with van der Waals surface area (Å²) in [5, 5.41) is 1.97. The second-order valence-electron chi connectivity index (χ2n) is 5.20. The highest BCUT2D eigenvalue weighted by Crippen LogP contribution is 2.16. The normalized spacial score (nSPS) is 18.3. The van der Waals surface area contributed by atoms with Crippen molar-refractivity contribution in [2.24, 2.45) is 0 Å². The number of piperidine rings is 1. The molecule has 3 heterocycles. The van der Waals surface area contributed by atoms with E-state index in [1.807, 2.05) is 23.6 Å². The van der Waals surface area contributed by atoms with Crippen LogP contribution in [-0.4, -0.2) is 40.0 Å². The van der Waals surface area contributed by atoms with Gasteiger partial charge in [-0.15, -0.1) is 11.3 Å². The second kappa shape index (κ2) is 7.32. The molecule has 7 heteroatoms. The van der Waals surface area contributed by atoms with Crippen LogP contribution >= 0.6 is 11.3 Å². The molecule has 120 valence electrons. The summed E-state index contributed by atoms with van der Waals surface area (Å²) in [6.45, 7) is 1.19. The standard InChI is InChI=1S/C16H16FN3O2S/c17-12-9-18-16(19-10-12)22-13-3-1-7-20(11-13)15(21)6-5-14-4-2-8-23-14/h2,4-6,8-10,13H,1,3,7,11H2/b6-5+/t13-/m1/s1. The average Bonchev–Trinajstić information content (AvgIpc) is 3.08. The number of aromatic nitrogens is 2. The van der Waals surface area contributed by atoms with Crippen molar-refractivity contribution < 1.29 is 13.9 Å². The van der Waals surface area contributed by atoms with Gasteiger partial charge in [-0.1, -0.05) is 6.07 Å². The van der Waals surface area contributed by atoms with Crippen molar-refractivity contribution in [3.05, 3.63) is 46.7 Å². The minimum Gasteiger partial charge on any atom is -0.458 e. The monoisotopic (exact) mass is 333 g/mol. The third-order valence-corrected chi connectivity index (χ3v) is 4.33. The van der Waals surface area contributed by atoms with Crippen molar-refractivity contribution in [1.29, 1.82) is 0 Å². The number of ether oxygens (including phenoxy) is 1. The maximum Gasteiger partial charge on any atom is 0.316 e. The molecule has 1 amide bonds. The minimum atomic E-state index is -0.503. The number of rotatable bonds is 4. The molecule has 0 spiro atoms. The fraction of sp³-hybridized carbons (Fsp3) is 0.312. The molecule has 2 aromatic rings. The molecule has 0 unspecified atom stereocenters. The van der Waals surface area contributed by atoms with Crippen LogP contribution in [0.5, 0.6) is 6.01 Å². The highest BCUT2D eigenvalue weighted by molar-refractivity contribution is 7.10. The van der Waals surface area contributed by atoms with E-state index in [2.05, 4.69) is 9.97 Å². The Morgan fingerprint density at radius 2 is 2.26 bits per heavy atom. The topological polar surface area (TPSA) is 55.3 Å². The zero-order valence-electron chi connectivity index (χ0n) is 12.4. The van der Waals surface area contributed by atoms with Gasteiger partial charge < -0.3 is 9.64 Å². The molecule has 23 heavy (non-hydrogen) atoms. The van der Waals surface area contributed by atoms with E-state index < -0.39 is 5.82 Å². The van der Waals surface area contributed by atoms with Gasteiger partial charge in [-0.2, -0.15) is 0 Å². The van der Waals surface area contributed by atoms with Crippen LogP contribution in [0.1, 0.15) is 17.7 Å². The zero-order chi connectivity index (χ0) is 16.1. The molecule has 2 aromatic heterocycles. The van der Waals surface area contributed by atoms with Gasteiger partial charge in [-0.25, -0.2) is 14.4 Å². The number of halogens is 1. The molecule has 1 atom stereocenters. The quantitative estimate of drug-likeness (QED) is 0.808. The Morgan fingerprint density at radius 3 is 3.00 bits per heavy atom. The number of hydrogen-bond acceptors (Lipinski definition) is 5. The summed E-state index contributed by atoms with van der Waals surface area (Å²) in [5.41, 5.74) is 0. The van der Waals surface area contributed by atoms with Gasteiger partial charge in [0.25, 0.3) is 0 Å². The number of amides is 1. The molecule has 1 aliphatic rings. The first kappa shape index (κ1) is 15.6. The van der Waals surface area contributed by atoms with Crippen molar-refractivity contribution in [2.75, 3.05) is 13.1 Å². The summed E-state index contributed by atoms with van der Waals surface area (Å²) in [6, 6.07) is 4.05. The van der Waals surface area contributed by atoms with E-state index >= 15 is 0 Å². The number of carbonyl (C=O) groups is 1. The predicted molar refractivity (Wildman–Crippen MR) is 85.6 cm³/mol. The van der Waals surface area contributed by atoms with Crippen molar-refractivity contribution in [3.63, 3.8) is 0 Å². The fourth-order valence-corrected chi connectivity index (χ4v) is 3.01. The number of carbonyl (C=O) groups excluding carboxylic acids is 1. The van der Waals surface area contributed by atoms with Gasteiger partial charge in [-0.05, 0) is 30.4 Å². The molecule has 0 bridgehead atoms. The van der Waals surface area contributed by atoms with Crippen LogP contribution in [0.2, 0.25) is 0 Å². The molecule has 3 rings (SSSR count). The summed E-state index contributed by atoms with van der Waals surface area (Å²) < 4.78 is 18.4.